The van der Waals surface area contributed by atoms with Gasteiger partial charge in [0.25, 0.3) is 0 Å². The number of nitrogens with zero attached hydrogens (tertiary/aromatic N) is 1. The van der Waals surface area contributed by atoms with Crippen LogP contribution in [-0.4, -0.2) is 31.4 Å². The second-order valence-corrected chi connectivity index (χ2v) is 7.52. The zero-order chi connectivity index (χ0) is 13.3. The summed E-state index contributed by atoms with van der Waals surface area (Å²) in [4.78, 5) is 0.220. The van der Waals surface area contributed by atoms with Crippen LogP contribution in [0.5, 0.6) is 0 Å². The monoisotopic (exact) mass is 333 g/mol. The number of halogens is 1. The minimum Gasteiger partial charge on any atom is -0.392 e. The highest BCUT2D eigenvalue weighted by Crippen LogP contribution is 2.32. The standard InChI is InChI=1S/C12H16BrNO3S/c1-14(7-9-2-3-9)18(16,17)12-6-10(8-15)4-5-11(12)13/h4-6,9,15H,2-3,7-8H2,1H3. The molecule has 0 heterocycles. The van der Waals surface area contributed by atoms with E-state index in [9.17, 15) is 8.42 Å². The molecule has 1 saturated carbocycles. The number of rotatable bonds is 5. The minimum absolute atomic E-state index is 0.165. The van der Waals surface area contributed by atoms with Crippen molar-refractivity contribution >= 4 is 26.0 Å². The number of hydrogen-bond donors (Lipinski definition) is 1. The largest absolute Gasteiger partial charge is 0.392 e. The fourth-order valence-corrected chi connectivity index (χ4v) is 3.99. The van der Waals surface area contributed by atoms with E-state index in [1.165, 1.54) is 10.4 Å². The predicted octanol–water partition coefficient (Wildman–Crippen LogP) is 1.97. The third kappa shape index (κ3) is 2.93. The van der Waals surface area contributed by atoms with E-state index in [1.54, 1.807) is 19.2 Å². The van der Waals surface area contributed by atoms with Crippen molar-refractivity contribution in [1.29, 1.82) is 0 Å². The molecule has 0 atom stereocenters. The average Bonchev–Trinajstić information content (AvgIpc) is 3.13. The van der Waals surface area contributed by atoms with E-state index >= 15 is 0 Å². The fourth-order valence-electron chi connectivity index (χ4n) is 1.77. The first-order chi connectivity index (χ1) is 8.45. The van der Waals surface area contributed by atoms with Gasteiger partial charge >= 0.3 is 0 Å². The second-order valence-electron chi connectivity index (χ2n) is 4.65. The summed E-state index contributed by atoms with van der Waals surface area (Å²) in [6.45, 7) is 0.403. The molecule has 1 fully saturated rings. The van der Waals surface area contributed by atoms with Crippen LogP contribution in [0.2, 0.25) is 0 Å². The van der Waals surface area contributed by atoms with E-state index < -0.39 is 10.0 Å². The van der Waals surface area contributed by atoms with Crippen LogP contribution in [0.25, 0.3) is 0 Å². The highest BCUT2D eigenvalue weighted by molar-refractivity contribution is 9.10. The molecule has 0 amide bonds. The summed E-state index contributed by atoms with van der Waals surface area (Å²) >= 11 is 3.26. The maximum atomic E-state index is 12.4. The van der Waals surface area contributed by atoms with Crippen molar-refractivity contribution in [1.82, 2.24) is 4.31 Å². The number of hydrogen-bond acceptors (Lipinski definition) is 3. The van der Waals surface area contributed by atoms with E-state index in [4.69, 9.17) is 5.11 Å². The maximum absolute atomic E-state index is 12.4. The molecule has 0 aliphatic heterocycles. The quantitative estimate of drug-likeness (QED) is 0.896. The van der Waals surface area contributed by atoms with Gasteiger partial charge in [-0.1, -0.05) is 6.07 Å². The number of aliphatic hydroxyl groups excluding tert-OH is 1. The molecular formula is C12H16BrNO3S. The van der Waals surface area contributed by atoms with Crippen LogP contribution in [0.1, 0.15) is 18.4 Å². The van der Waals surface area contributed by atoms with Crippen LogP contribution >= 0.6 is 15.9 Å². The first kappa shape index (κ1) is 14.0. The SMILES string of the molecule is CN(CC1CC1)S(=O)(=O)c1cc(CO)ccc1Br. The number of aliphatic hydroxyl groups is 1. The molecule has 0 saturated heterocycles. The summed E-state index contributed by atoms with van der Waals surface area (Å²) in [5.74, 6) is 0.504. The lowest BCUT2D eigenvalue weighted by Crippen LogP contribution is -2.29. The second kappa shape index (κ2) is 5.28. The number of sulfonamides is 1. The smallest absolute Gasteiger partial charge is 0.243 e. The van der Waals surface area contributed by atoms with Gasteiger partial charge < -0.3 is 5.11 Å². The van der Waals surface area contributed by atoms with E-state index in [0.717, 1.165) is 12.8 Å². The van der Waals surface area contributed by atoms with Crippen LogP contribution in [-0.2, 0) is 16.6 Å². The van der Waals surface area contributed by atoms with E-state index in [0.29, 0.717) is 22.5 Å². The van der Waals surface area contributed by atoms with Crippen molar-refractivity contribution in [2.45, 2.75) is 24.3 Å². The van der Waals surface area contributed by atoms with Gasteiger partial charge in [0, 0.05) is 18.1 Å². The van der Waals surface area contributed by atoms with E-state index in [2.05, 4.69) is 15.9 Å². The molecule has 0 aromatic heterocycles. The van der Waals surface area contributed by atoms with Crippen molar-refractivity contribution in [3.63, 3.8) is 0 Å². The first-order valence-corrected chi connectivity index (χ1v) is 8.04. The van der Waals surface area contributed by atoms with Gasteiger partial charge in [-0.15, -0.1) is 0 Å². The molecule has 1 aliphatic carbocycles. The Balaban J connectivity index is 2.32. The Morgan fingerprint density at radius 3 is 2.67 bits per heavy atom. The predicted molar refractivity (Wildman–Crippen MR) is 72.6 cm³/mol. The summed E-state index contributed by atoms with van der Waals surface area (Å²) in [5, 5.41) is 9.09. The molecule has 0 spiro atoms. The van der Waals surface area contributed by atoms with Gasteiger partial charge in [-0.2, -0.15) is 0 Å². The summed E-state index contributed by atoms with van der Waals surface area (Å²) in [6, 6.07) is 4.87. The maximum Gasteiger partial charge on any atom is 0.243 e. The number of benzene rings is 1. The van der Waals surface area contributed by atoms with Gasteiger partial charge in [-0.25, -0.2) is 12.7 Å². The Bertz CT molecular complexity index is 540. The molecular weight excluding hydrogens is 318 g/mol. The Morgan fingerprint density at radius 1 is 1.44 bits per heavy atom. The lowest BCUT2D eigenvalue weighted by atomic mass is 10.2. The molecule has 6 heteroatoms. The van der Waals surface area contributed by atoms with Gasteiger partial charge in [0.1, 0.15) is 0 Å². The van der Waals surface area contributed by atoms with Gasteiger partial charge in [0.05, 0.1) is 11.5 Å². The highest BCUT2D eigenvalue weighted by Gasteiger charge is 2.30. The van der Waals surface area contributed by atoms with Gasteiger partial charge in [0.2, 0.25) is 10.0 Å². The normalized spacial score (nSPS) is 16.2. The zero-order valence-corrected chi connectivity index (χ0v) is 12.5. The third-order valence-corrected chi connectivity index (χ3v) is 5.90. The molecule has 18 heavy (non-hydrogen) atoms. The van der Waals surface area contributed by atoms with E-state index in [1.807, 2.05) is 0 Å². The molecule has 1 N–H and O–H groups in total. The first-order valence-electron chi connectivity index (χ1n) is 5.81. The fraction of sp³-hybridized carbons (Fsp3) is 0.500. The summed E-state index contributed by atoms with van der Waals surface area (Å²) in [6.07, 6.45) is 2.22. The van der Waals surface area contributed by atoms with Crippen LogP contribution in [0, 0.1) is 5.92 Å². The topological polar surface area (TPSA) is 57.6 Å². The zero-order valence-electron chi connectivity index (χ0n) is 10.1. The summed E-state index contributed by atoms with van der Waals surface area (Å²) in [5.41, 5.74) is 0.594. The van der Waals surface area contributed by atoms with Crippen LogP contribution < -0.4 is 0 Å². The molecule has 1 aromatic carbocycles. The molecule has 4 nitrogen and oxygen atoms in total. The van der Waals surface area contributed by atoms with Crippen molar-refractivity contribution in [2.24, 2.45) is 5.92 Å². The molecule has 0 radical (unpaired) electrons. The Kier molecular flexibility index (Phi) is 4.11. The Hall–Kier alpha value is -0.430. The Morgan fingerprint density at radius 2 is 2.11 bits per heavy atom. The summed E-state index contributed by atoms with van der Waals surface area (Å²) < 4.78 is 26.7. The molecule has 2 rings (SSSR count). The highest BCUT2D eigenvalue weighted by atomic mass is 79.9. The lowest BCUT2D eigenvalue weighted by Gasteiger charge is -2.18. The Labute approximate surface area is 116 Å². The van der Waals surface area contributed by atoms with Crippen molar-refractivity contribution in [3.05, 3.63) is 28.2 Å². The van der Waals surface area contributed by atoms with Gasteiger partial charge in [-0.05, 0) is 52.4 Å². The molecule has 100 valence electrons. The van der Waals surface area contributed by atoms with Crippen LogP contribution in [0.4, 0.5) is 0 Å². The van der Waals surface area contributed by atoms with Crippen molar-refractivity contribution in [3.8, 4) is 0 Å². The van der Waals surface area contributed by atoms with E-state index in [-0.39, 0.29) is 11.5 Å². The van der Waals surface area contributed by atoms with Crippen LogP contribution in [0.15, 0.2) is 27.6 Å². The summed E-state index contributed by atoms with van der Waals surface area (Å²) in [7, 11) is -1.88. The molecule has 1 aliphatic rings. The van der Waals surface area contributed by atoms with Crippen molar-refractivity contribution < 1.29 is 13.5 Å². The lowest BCUT2D eigenvalue weighted by molar-refractivity contribution is 0.281. The molecule has 0 bridgehead atoms. The third-order valence-electron chi connectivity index (χ3n) is 3.08. The van der Waals surface area contributed by atoms with Crippen LogP contribution in [0.3, 0.4) is 0 Å². The van der Waals surface area contributed by atoms with Crippen molar-refractivity contribution in [2.75, 3.05) is 13.6 Å². The van der Waals surface area contributed by atoms with Gasteiger partial charge in [0.15, 0.2) is 0 Å². The minimum atomic E-state index is -3.48. The average molecular weight is 334 g/mol. The molecule has 0 unspecified atom stereocenters. The van der Waals surface area contributed by atoms with Gasteiger partial charge in [-0.3, -0.25) is 0 Å². The molecule has 1 aromatic rings.